The summed E-state index contributed by atoms with van der Waals surface area (Å²) in [5.41, 5.74) is 0.389. The average molecular weight is 459 g/mol. The van der Waals surface area contributed by atoms with Gasteiger partial charge in [0.2, 0.25) is 5.91 Å². The second-order valence-corrected chi connectivity index (χ2v) is 8.34. The summed E-state index contributed by atoms with van der Waals surface area (Å²) < 4.78 is 37.7. The van der Waals surface area contributed by atoms with Crippen molar-refractivity contribution in [3.05, 3.63) is 30.1 Å². The van der Waals surface area contributed by atoms with E-state index in [1.54, 1.807) is 24.5 Å². The Kier molecular flexibility index (Phi) is 8.59. The van der Waals surface area contributed by atoms with Crippen LogP contribution in [-0.4, -0.2) is 70.8 Å². The Morgan fingerprint density at radius 1 is 1.34 bits per heavy atom. The zero-order valence-electron chi connectivity index (χ0n) is 18.0. The number of likely N-dealkylation sites (tertiary alicyclic amines) is 1. The highest BCUT2D eigenvalue weighted by molar-refractivity contribution is 5.93. The molecule has 8 nitrogen and oxygen atoms in total. The molecular weight excluding hydrogens is 431 g/mol. The summed E-state index contributed by atoms with van der Waals surface area (Å²) in [6.45, 7) is 6.87. The maximum Gasteiger partial charge on any atom is 0.490 e. The molecule has 178 valence electrons. The van der Waals surface area contributed by atoms with E-state index in [1.807, 2.05) is 4.90 Å². The maximum atomic E-state index is 12.2. The quantitative estimate of drug-likeness (QED) is 0.677. The van der Waals surface area contributed by atoms with Crippen LogP contribution in [-0.2, 0) is 14.3 Å². The van der Waals surface area contributed by atoms with Gasteiger partial charge < -0.3 is 20.1 Å². The SMILES string of the molecule is CC(C)CC(=O)N1CC2(C1)OCCC2CCNC(=O)c1cccnc1.O=C(O)C(F)(F)F. The minimum absolute atomic E-state index is 0.0941. The van der Waals surface area contributed by atoms with Crippen molar-refractivity contribution in [1.82, 2.24) is 15.2 Å². The summed E-state index contributed by atoms with van der Waals surface area (Å²) >= 11 is 0. The predicted octanol–water partition coefficient (Wildman–Crippen LogP) is 2.50. The fourth-order valence-corrected chi connectivity index (χ4v) is 3.76. The van der Waals surface area contributed by atoms with E-state index in [0.29, 0.717) is 43.5 Å². The molecule has 2 aliphatic heterocycles. The highest BCUT2D eigenvalue weighted by Gasteiger charge is 2.53. The lowest BCUT2D eigenvalue weighted by molar-refractivity contribution is -0.192. The van der Waals surface area contributed by atoms with Crippen LogP contribution in [0, 0.1) is 11.8 Å². The first-order chi connectivity index (χ1) is 14.9. The molecule has 2 amide bonds. The van der Waals surface area contributed by atoms with Gasteiger partial charge in [0.05, 0.1) is 18.7 Å². The van der Waals surface area contributed by atoms with E-state index in [0.717, 1.165) is 19.4 Å². The van der Waals surface area contributed by atoms with Crippen molar-refractivity contribution in [1.29, 1.82) is 0 Å². The van der Waals surface area contributed by atoms with Gasteiger partial charge in [0.15, 0.2) is 0 Å². The van der Waals surface area contributed by atoms with Gasteiger partial charge in [0.1, 0.15) is 5.60 Å². The molecular formula is C21H28F3N3O5. The highest BCUT2D eigenvalue weighted by Crippen LogP contribution is 2.41. The third kappa shape index (κ3) is 6.91. The van der Waals surface area contributed by atoms with Gasteiger partial charge in [0.25, 0.3) is 5.91 Å². The molecule has 0 radical (unpaired) electrons. The van der Waals surface area contributed by atoms with Gasteiger partial charge in [-0.05, 0) is 36.8 Å². The number of hydrogen-bond donors (Lipinski definition) is 2. The first-order valence-electron chi connectivity index (χ1n) is 10.3. The van der Waals surface area contributed by atoms with Crippen molar-refractivity contribution in [2.75, 3.05) is 26.2 Å². The number of carboxylic acids is 1. The smallest absolute Gasteiger partial charge is 0.475 e. The molecule has 3 heterocycles. The van der Waals surface area contributed by atoms with Crippen LogP contribution in [0.15, 0.2) is 24.5 Å². The van der Waals surface area contributed by atoms with Crippen LogP contribution in [0.2, 0.25) is 0 Å². The number of amides is 2. The van der Waals surface area contributed by atoms with Crippen LogP contribution in [0.4, 0.5) is 13.2 Å². The zero-order chi connectivity index (χ0) is 23.9. The molecule has 0 bridgehead atoms. The molecule has 2 aliphatic rings. The van der Waals surface area contributed by atoms with Gasteiger partial charge in [-0.25, -0.2) is 4.79 Å². The summed E-state index contributed by atoms with van der Waals surface area (Å²) in [7, 11) is 0. The molecule has 1 unspecified atom stereocenters. The van der Waals surface area contributed by atoms with Gasteiger partial charge in [-0.15, -0.1) is 0 Å². The van der Waals surface area contributed by atoms with E-state index in [9.17, 15) is 22.8 Å². The van der Waals surface area contributed by atoms with Crippen molar-refractivity contribution < 1.29 is 37.4 Å². The molecule has 3 rings (SSSR count). The summed E-state index contributed by atoms with van der Waals surface area (Å²) in [6, 6.07) is 3.51. The van der Waals surface area contributed by atoms with Gasteiger partial charge in [-0.2, -0.15) is 13.2 Å². The number of halogens is 3. The minimum Gasteiger partial charge on any atom is -0.475 e. The number of carbonyl (C=O) groups is 3. The van der Waals surface area contributed by atoms with E-state index < -0.39 is 12.1 Å². The number of aliphatic carboxylic acids is 1. The van der Waals surface area contributed by atoms with Crippen LogP contribution < -0.4 is 5.32 Å². The fraction of sp³-hybridized carbons (Fsp3) is 0.619. The lowest BCUT2D eigenvalue weighted by Crippen LogP contribution is -2.66. The Balaban J connectivity index is 0.000000451. The van der Waals surface area contributed by atoms with E-state index in [1.165, 1.54) is 0 Å². The number of aromatic nitrogens is 1. The van der Waals surface area contributed by atoms with Crippen LogP contribution in [0.5, 0.6) is 0 Å². The number of carbonyl (C=O) groups excluding carboxylic acids is 2. The summed E-state index contributed by atoms with van der Waals surface area (Å²) in [6.07, 6.45) is 0.605. The monoisotopic (exact) mass is 459 g/mol. The van der Waals surface area contributed by atoms with Crippen LogP contribution in [0.3, 0.4) is 0 Å². The first kappa shape index (κ1) is 25.6. The van der Waals surface area contributed by atoms with E-state index in [-0.39, 0.29) is 17.4 Å². The number of pyridine rings is 1. The largest absolute Gasteiger partial charge is 0.490 e. The second kappa shape index (κ2) is 10.8. The number of rotatable bonds is 6. The standard InChI is InChI=1S/C19H27N3O3.C2HF3O2/c1-14(2)10-17(23)22-12-19(13-22)16(6-9-25-19)5-8-21-18(24)15-4-3-7-20-11-15;3-2(4,5)1(6)7/h3-4,7,11,14,16H,5-6,8-10,12-13H2,1-2H3,(H,21,24);(H,6,7). The Morgan fingerprint density at radius 3 is 2.53 bits per heavy atom. The van der Waals surface area contributed by atoms with E-state index in [2.05, 4.69) is 24.1 Å². The molecule has 1 aromatic heterocycles. The third-order valence-electron chi connectivity index (χ3n) is 5.40. The van der Waals surface area contributed by atoms with Gasteiger partial charge in [-0.1, -0.05) is 13.8 Å². The van der Waals surface area contributed by atoms with Crippen LogP contribution in [0.1, 0.15) is 43.5 Å². The molecule has 2 N–H and O–H groups in total. The minimum atomic E-state index is -5.08. The summed E-state index contributed by atoms with van der Waals surface area (Å²) in [4.78, 5) is 39.0. The lowest BCUT2D eigenvalue weighted by atomic mass is 9.78. The Labute approximate surface area is 184 Å². The molecule has 1 spiro atoms. The van der Waals surface area contributed by atoms with Crippen molar-refractivity contribution in [2.45, 2.75) is 44.9 Å². The number of alkyl halides is 3. The number of nitrogens with zero attached hydrogens (tertiary/aromatic N) is 2. The lowest BCUT2D eigenvalue weighted by Gasteiger charge is -2.50. The fourth-order valence-electron chi connectivity index (χ4n) is 3.76. The highest BCUT2D eigenvalue weighted by atomic mass is 19.4. The summed E-state index contributed by atoms with van der Waals surface area (Å²) in [5.74, 6) is -1.85. The topological polar surface area (TPSA) is 109 Å². The predicted molar refractivity (Wildman–Crippen MR) is 108 cm³/mol. The average Bonchev–Trinajstić information content (AvgIpc) is 3.10. The maximum absolute atomic E-state index is 12.2. The van der Waals surface area contributed by atoms with Crippen molar-refractivity contribution in [3.8, 4) is 0 Å². The van der Waals surface area contributed by atoms with Gasteiger partial charge in [-0.3, -0.25) is 14.6 Å². The number of ether oxygens (including phenoxy) is 1. The van der Waals surface area contributed by atoms with Crippen molar-refractivity contribution in [2.24, 2.45) is 11.8 Å². The molecule has 11 heteroatoms. The van der Waals surface area contributed by atoms with Crippen molar-refractivity contribution >= 4 is 17.8 Å². The van der Waals surface area contributed by atoms with Crippen LogP contribution >= 0.6 is 0 Å². The normalized spacial score (nSPS) is 19.2. The summed E-state index contributed by atoms with van der Waals surface area (Å²) in [5, 5.41) is 10.1. The van der Waals surface area contributed by atoms with E-state index >= 15 is 0 Å². The number of nitrogens with one attached hydrogen (secondary N) is 1. The number of carboxylic acid groups (broad SMARTS) is 1. The zero-order valence-corrected chi connectivity index (χ0v) is 18.0. The first-order valence-corrected chi connectivity index (χ1v) is 10.3. The molecule has 0 saturated carbocycles. The van der Waals surface area contributed by atoms with Gasteiger partial charge in [0, 0.05) is 32.0 Å². The third-order valence-corrected chi connectivity index (χ3v) is 5.40. The van der Waals surface area contributed by atoms with Crippen molar-refractivity contribution in [3.63, 3.8) is 0 Å². The second-order valence-electron chi connectivity index (χ2n) is 8.34. The van der Waals surface area contributed by atoms with Gasteiger partial charge >= 0.3 is 12.1 Å². The Hall–Kier alpha value is -2.69. The number of hydrogen-bond acceptors (Lipinski definition) is 5. The molecule has 1 aromatic rings. The molecule has 2 saturated heterocycles. The van der Waals surface area contributed by atoms with E-state index in [4.69, 9.17) is 14.6 Å². The molecule has 2 fully saturated rings. The Morgan fingerprint density at radius 2 is 2.00 bits per heavy atom. The molecule has 1 atom stereocenters. The molecule has 32 heavy (non-hydrogen) atoms. The van der Waals surface area contributed by atoms with Crippen LogP contribution in [0.25, 0.3) is 0 Å². The molecule has 0 aromatic carbocycles. The molecule has 0 aliphatic carbocycles. The Bertz CT molecular complexity index is 796.